The number of amides is 1. The summed E-state index contributed by atoms with van der Waals surface area (Å²) in [5.41, 5.74) is 20.9. The molecule has 3 heterocycles. The third-order valence-corrected chi connectivity index (χ3v) is 16.0. The van der Waals surface area contributed by atoms with E-state index >= 15 is 0 Å². The van der Waals surface area contributed by atoms with Gasteiger partial charge in [0.05, 0.1) is 84.3 Å². The van der Waals surface area contributed by atoms with Crippen molar-refractivity contribution in [3.63, 3.8) is 0 Å². The van der Waals surface area contributed by atoms with Crippen LogP contribution >= 0.6 is 33.0 Å². The number of nitrogen functional groups attached to an aromatic ring is 1. The van der Waals surface area contributed by atoms with E-state index in [-0.39, 0.29) is 46.2 Å². The van der Waals surface area contributed by atoms with Gasteiger partial charge in [0.25, 0.3) is 11.1 Å². The van der Waals surface area contributed by atoms with Gasteiger partial charge in [-0.25, -0.2) is 24.0 Å². The molecule has 114 heavy (non-hydrogen) atoms. The fraction of sp³-hybridized carbons (Fsp3) is 0.0964. The molecule has 0 saturated heterocycles. The van der Waals surface area contributed by atoms with Gasteiger partial charge in [0.2, 0.25) is 27.1 Å². The number of ether oxygens (including phenoxy) is 2. The van der Waals surface area contributed by atoms with Gasteiger partial charge >= 0.3 is 5.97 Å². The Hall–Kier alpha value is -15.0. The fourth-order valence-corrected chi connectivity index (χ4v) is 10.7. The molecular weight excluding hydrogens is 1530 g/mol. The van der Waals surface area contributed by atoms with E-state index in [0.29, 0.717) is 56.7 Å². The van der Waals surface area contributed by atoms with Gasteiger partial charge in [-0.2, -0.15) is 46.5 Å². The lowest BCUT2D eigenvalue weighted by Gasteiger charge is -2.17. The Balaban J connectivity index is 0.000000220. The van der Waals surface area contributed by atoms with Crippen molar-refractivity contribution in [1.82, 2.24) is 29.9 Å². The number of nitrogens with two attached hydrogens (primary N) is 1. The van der Waals surface area contributed by atoms with Crippen LogP contribution in [0.4, 0.5) is 80.8 Å². The van der Waals surface area contributed by atoms with E-state index in [1.54, 1.807) is 122 Å². The maximum Gasteiger partial charge on any atom is 0.341 e. The molecule has 0 aliphatic rings. The number of carbonyl (C=O) groups is 3. The number of para-hydroxylation sites is 4. The highest BCUT2D eigenvalue weighted by molar-refractivity contribution is 8.26. The lowest BCUT2D eigenvalue weighted by atomic mass is 10.0. The Bertz CT molecular complexity index is 5460. The third-order valence-electron chi connectivity index (χ3n) is 15.8. The molecule has 0 aliphatic heterocycles. The van der Waals surface area contributed by atoms with Crippen molar-refractivity contribution in [2.24, 2.45) is 0 Å². The van der Waals surface area contributed by atoms with E-state index in [9.17, 15) is 19.5 Å². The predicted octanol–water partition coefficient (Wildman–Crippen LogP) is 18.6. The Kier molecular flexibility index (Phi) is 32.7. The molecular formula is C83H69Cl3N20O7S. The number of hydrogen-bond acceptors (Lipinski definition) is 25. The summed E-state index contributed by atoms with van der Waals surface area (Å²) in [4.78, 5) is 63.0. The summed E-state index contributed by atoms with van der Waals surface area (Å²) in [6.45, 7) is 11.5. The first-order chi connectivity index (χ1) is 54.8. The highest BCUT2D eigenvalue weighted by atomic mass is 36.0. The minimum Gasteiger partial charge on any atom is -0.495 e. The molecule has 0 unspecified atom stereocenters. The molecule has 3 aromatic heterocycles. The van der Waals surface area contributed by atoms with Crippen LogP contribution in [-0.2, 0) is 9.23 Å². The molecule has 0 saturated carbocycles. The average Bonchev–Trinajstić information content (AvgIpc) is 0.810. The number of methoxy groups -OCH3 is 2. The van der Waals surface area contributed by atoms with Crippen molar-refractivity contribution in [2.45, 2.75) is 41.5 Å². The molecule has 1 amide bonds. The van der Waals surface area contributed by atoms with Crippen LogP contribution in [0.2, 0.25) is 0 Å². The van der Waals surface area contributed by atoms with Gasteiger partial charge in [-0.1, -0.05) is 24.3 Å². The number of hydrogen-bond donors (Lipinski definition) is 9. The highest BCUT2D eigenvalue weighted by Crippen LogP contribution is 2.34. The highest BCUT2D eigenvalue weighted by Gasteiger charge is 2.22. The third kappa shape index (κ3) is 25.8. The van der Waals surface area contributed by atoms with Gasteiger partial charge in [-0.05, 0) is 255 Å². The molecule has 0 spiro atoms. The number of nitriles is 6. The zero-order valence-corrected chi connectivity index (χ0v) is 65.2. The maximum atomic E-state index is 13.4. The second-order valence-electron chi connectivity index (χ2n) is 23.8. The second-order valence-corrected chi connectivity index (χ2v) is 26.7. The number of halogens is 3. The Morgan fingerprint density at radius 1 is 0.456 bits per heavy atom. The van der Waals surface area contributed by atoms with Gasteiger partial charge in [0, 0.05) is 92.3 Å². The molecule has 11 rings (SSSR count). The topological polar surface area (TPSA) is 437 Å². The van der Waals surface area contributed by atoms with E-state index in [1.807, 2.05) is 126 Å². The summed E-state index contributed by atoms with van der Waals surface area (Å²) in [5.74, 6) is 1.11. The predicted molar refractivity (Wildman–Crippen MR) is 446 cm³/mol. The molecule has 27 nitrogen and oxygen atoms in total. The number of carboxylic acid groups (broad SMARTS) is 1. The lowest BCUT2D eigenvalue weighted by molar-refractivity contribution is 0.0696. The normalized spacial score (nSPS) is 10.2. The van der Waals surface area contributed by atoms with Crippen molar-refractivity contribution >= 4 is 158 Å². The van der Waals surface area contributed by atoms with E-state index in [2.05, 4.69) is 101 Å². The molecule has 0 fully saturated rings. The monoisotopic (exact) mass is 1590 g/mol. The SMILES string of the molecule is COc1ccccc1N.COc1ccccc1NC(=O)c1cnc(Nc2ccc(C#N)cc2)nc1Nc1c(C)cc(/C=C/C#N)cc1C.Cc1cc(/C=C/C#N)cc(C)c1Nc1nc(Nc2ccc(C#N)cc2)ncc1C(=O)Cl.Cc1cc(/C=C/C#N)cc(C)c1Nc1nc(Nc2ccc(C#N)cc2)ncc1C(=O)O.O=S(Cl)Cl. The Labute approximate surface area is 673 Å². The molecule has 0 radical (unpaired) electrons. The maximum absolute atomic E-state index is 13.4. The largest absolute Gasteiger partial charge is 0.495 e. The van der Waals surface area contributed by atoms with E-state index < -0.39 is 26.3 Å². The number of allylic oxidation sites excluding steroid dienone is 3. The van der Waals surface area contributed by atoms with E-state index in [1.165, 1.54) is 43.9 Å². The van der Waals surface area contributed by atoms with Crippen LogP contribution in [0.25, 0.3) is 18.2 Å². The van der Waals surface area contributed by atoms with Gasteiger partial charge in [0.1, 0.15) is 34.3 Å². The van der Waals surface area contributed by atoms with Crippen LogP contribution in [0.1, 0.15) is 97.8 Å². The summed E-state index contributed by atoms with van der Waals surface area (Å²) in [6, 6.07) is 58.5. The van der Waals surface area contributed by atoms with Crippen LogP contribution in [0.3, 0.4) is 0 Å². The minimum atomic E-state index is -1.67. The zero-order chi connectivity index (χ0) is 82.8. The van der Waals surface area contributed by atoms with Crippen LogP contribution in [-0.4, -0.2) is 70.6 Å². The minimum absolute atomic E-state index is 0.0716. The quantitative estimate of drug-likeness (QED) is 0.0183. The van der Waals surface area contributed by atoms with Crippen molar-refractivity contribution in [1.29, 1.82) is 31.6 Å². The summed E-state index contributed by atoms with van der Waals surface area (Å²) in [5, 5.41) is 83.7. The number of aryl methyl sites for hydroxylation is 6. The number of benzene rings is 8. The second kappa shape index (κ2) is 43.3. The summed E-state index contributed by atoms with van der Waals surface area (Å²) < 4.78 is 19.4. The zero-order valence-electron chi connectivity index (χ0n) is 62.1. The molecule has 0 aliphatic carbocycles. The van der Waals surface area contributed by atoms with Crippen LogP contribution in [0.5, 0.6) is 11.5 Å². The molecule has 0 atom stereocenters. The number of aromatic carboxylic acids is 1. The molecule has 570 valence electrons. The number of carboxylic acids is 1. The van der Waals surface area contributed by atoms with Gasteiger partial charge in [-0.15, -0.1) is 0 Å². The van der Waals surface area contributed by atoms with Crippen molar-refractivity contribution in [2.75, 3.05) is 57.2 Å². The van der Waals surface area contributed by atoms with Gasteiger partial charge in [-0.3, -0.25) is 9.59 Å². The first-order valence-electron chi connectivity index (χ1n) is 33.6. The number of anilines is 14. The van der Waals surface area contributed by atoms with E-state index in [0.717, 1.165) is 72.9 Å². The van der Waals surface area contributed by atoms with Gasteiger partial charge < -0.3 is 57.5 Å². The van der Waals surface area contributed by atoms with Crippen LogP contribution < -0.4 is 52.4 Å². The summed E-state index contributed by atoms with van der Waals surface area (Å²) in [7, 11) is 10.5. The number of rotatable bonds is 21. The van der Waals surface area contributed by atoms with Crippen molar-refractivity contribution in [3.05, 3.63) is 278 Å². The van der Waals surface area contributed by atoms with Crippen molar-refractivity contribution < 1.29 is 33.2 Å². The molecule has 8 aromatic carbocycles. The van der Waals surface area contributed by atoms with E-state index in [4.69, 9.17) is 62.6 Å². The number of nitrogens with one attached hydrogen (secondary N) is 7. The Morgan fingerprint density at radius 3 is 1.07 bits per heavy atom. The average molecular weight is 1600 g/mol. The molecule has 31 heteroatoms. The number of carbonyl (C=O) groups excluding carboxylic acids is 2. The lowest BCUT2D eigenvalue weighted by Crippen LogP contribution is -2.17. The molecule has 10 N–H and O–H groups in total. The molecule has 0 bridgehead atoms. The number of nitrogens with zero attached hydrogens (tertiary/aromatic N) is 12. The number of aromatic nitrogens is 6. The van der Waals surface area contributed by atoms with Crippen LogP contribution in [0, 0.1) is 110 Å². The smallest absolute Gasteiger partial charge is 0.341 e. The first kappa shape index (κ1) is 86.2. The summed E-state index contributed by atoms with van der Waals surface area (Å²) in [6.07, 6.45) is 13.4. The standard InChI is InChI=1S/C30H25N7O2.C23H17ClN6O.C23H18N6O2.C7H9NO.Cl2OS/c1-19-15-22(7-6-14-31)16-20(2)27(19)36-28-24(29(38)35-25-8-4-5-9-26(25)39-3)18-33-30(37-28)34-23-12-10-21(17-32)11-13-23;1-14-10-17(4-3-9-25)11-15(2)20(14)29-22-19(21(24)31)13-27-23(30-22)28-18-7-5-16(12-26)6-8-18;1-14-10-17(4-3-9-24)11-15(2)20(14)28-21-19(22(30)31)13-26-23(29-21)27-18-7-5-16(12-25)6-8-18;1-9-7-5-3-2-4-6(7)8;1-4(2)3/h4-13,15-16,18H,1-3H3,(H,35,38)(H2,33,34,36,37);3-8,10-11,13H,1-2H3,(H2,27,28,29,30);3-8,10-11,13H,1-2H3,(H,30,31)(H2,26,27,28,29);2-5H,8H2,1H3;/b7-6+;2*4-3+;;. The fourth-order valence-electron chi connectivity index (χ4n) is 10.6. The molecule has 11 aromatic rings. The van der Waals surface area contributed by atoms with Gasteiger partial charge in [0.15, 0.2) is 5.82 Å². The first-order valence-corrected chi connectivity index (χ1v) is 36.8. The summed E-state index contributed by atoms with van der Waals surface area (Å²) >= 11 is 5.73. The van der Waals surface area contributed by atoms with Crippen molar-refractivity contribution in [3.8, 4) is 47.9 Å². The van der Waals surface area contributed by atoms with Crippen LogP contribution in [0.15, 0.2) is 195 Å². The Morgan fingerprint density at radius 2 is 0.763 bits per heavy atom.